The molecule has 1 amide bonds. The first-order chi connectivity index (χ1) is 14.4. The fourth-order valence-corrected chi connectivity index (χ4v) is 4.64. The number of pyridine rings is 1. The van der Waals surface area contributed by atoms with E-state index in [4.69, 9.17) is 20.2 Å². The van der Waals surface area contributed by atoms with Gasteiger partial charge in [-0.1, -0.05) is 0 Å². The minimum atomic E-state index is -0.415. The third-order valence-electron chi connectivity index (χ3n) is 5.17. The van der Waals surface area contributed by atoms with Crippen molar-refractivity contribution in [2.24, 2.45) is 0 Å². The minimum Gasteiger partial charge on any atom is -0.453 e. The Bertz CT molecular complexity index is 1090. The number of nitrogen functional groups attached to an aromatic ring is 1. The van der Waals surface area contributed by atoms with Gasteiger partial charge in [0.05, 0.1) is 43.3 Å². The molecular formula is C21H22FIN4O3. The lowest BCUT2D eigenvalue weighted by Gasteiger charge is -2.32. The van der Waals surface area contributed by atoms with Crippen LogP contribution in [0, 0.1) is 16.3 Å². The van der Waals surface area contributed by atoms with Gasteiger partial charge in [-0.2, -0.15) is 0 Å². The molecule has 0 bridgehead atoms. The van der Waals surface area contributed by atoms with E-state index in [1.807, 2.05) is 29.7 Å². The van der Waals surface area contributed by atoms with Crippen molar-refractivity contribution in [3.63, 3.8) is 0 Å². The van der Waals surface area contributed by atoms with Crippen LogP contribution in [0.2, 0.25) is 0 Å². The Kier molecular flexibility index (Phi) is 5.83. The summed E-state index contributed by atoms with van der Waals surface area (Å²) in [5.74, 6) is -0.415. The maximum absolute atomic E-state index is 14.9. The van der Waals surface area contributed by atoms with E-state index in [2.05, 4.69) is 22.6 Å². The van der Waals surface area contributed by atoms with Crippen molar-refractivity contribution in [3.05, 3.63) is 51.1 Å². The number of carbonyl (C=O) groups is 1. The third-order valence-corrected chi connectivity index (χ3v) is 6.03. The molecule has 0 spiro atoms. The van der Waals surface area contributed by atoms with Gasteiger partial charge in [-0.3, -0.25) is 0 Å². The summed E-state index contributed by atoms with van der Waals surface area (Å²) in [4.78, 5) is 18.3. The monoisotopic (exact) mass is 524 g/mol. The van der Waals surface area contributed by atoms with Gasteiger partial charge in [0.2, 0.25) is 0 Å². The van der Waals surface area contributed by atoms with Crippen LogP contribution in [0.4, 0.5) is 14.9 Å². The van der Waals surface area contributed by atoms with Gasteiger partial charge in [-0.15, -0.1) is 0 Å². The fourth-order valence-electron chi connectivity index (χ4n) is 3.76. The Labute approximate surface area is 187 Å². The highest BCUT2D eigenvalue weighted by Crippen LogP contribution is 2.34. The number of fused-ring (bicyclic) bond motifs is 1. The zero-order valence-corrected chi connectivity index (χ0v) is 18.8. The molecule has 7 nitrogen and oxygen atoms in total. The number of nitrogens with two attached hydrogens (primary N) is 1. The molecule has 0 radical (unpaired) electrons. The maximum Gasteiger partial charge on any atom is 0.409 e. The second-order valence-electron chi connectivity index (χ2n) is 7.31. The van der Waals surface area contributed by atoms with Crippen LogP contribution in [0.3, 0.4) is 0 Å². The number of morpholine rings is 1. The maximum atomic E-state index is 14.9. The number of amides is 1. The molecule has 3 heterocycles. The number of hydrogen-bond donors (Lipinski definition) is 1. The summed E-state index contributed by atoms with van der Waals surface area (Å²) in [5.41, 5.74) is 9.76. The minimum absolute atomic E-state index is 0.257. The van der Waals surface area contributed by atoms with Crippen molar-refractivity contribution in [2.45, 2.75) is 19.4 Å². The molecule has 9 heteroatoms. The number of rotatable bonds is 3. The number of ether oxygens (including phenoxy) is 2. The molecule has 4 rings (SSSR count). The van der Waals surface area contributed by atoms with E-state index in [1.54, 1.807) is 11.0 Å². The third kappa shape index (κ3) is 3.95. The molecule has 2 N–H and O–H groups in total. The fraction of sp³-hybridized carbons (Fsp3) is 0.333. The molecule has 1 aliphatic rings. The Balaban J connectivity index is 1.79. The number of carbonyl (C=O) groups excluding carboxylic acids is 1. The molecule has 2 aromatic heterocycles. The van der Waals surface area contributed by atoms with Crippen LogP contribution in [0.25, 0.3) is 16.9 Å². The summed E-state index contributed by atoms with van der Waals surface area (Å²) in [7, 11) is 1.36. The summed E-state index contributed by atoms with van der Waals surface area (Å²) < 4.78 is 28.3. The molecule has 0 unspecified atom stereocenters. The number of methoxy groups -OCH3 is 1. The summed E-state index contributed by atoms with van der Waals surface area (Å²) in [6.07, 6.45) is 1.76. The Morgan fingerprint density at radius 1 is 1.43 bits per heavy atom. The first-order valence-corrected chi connectivity index (χ1v) is 10.6. The predicted molar refractivity (Wildman–Crippen MR) is 120 cm³/mol. The number of aryl methyl sites for hydroxylation is 1. The van der Waals surface area contributed by atoms with Crippen molar-refractivity contribution in [2.75, 3.05) is 32.5 Å². The number of nitrogens with zero attached hydrogens (tertiary/aromatic N) is 3. The zero-order valence-electron chi connectivity index (χ0n) is 16.7. The lowest BCUT2D eigenvalue weighted by atomic mass is 10.0. The van der Waals surface area contributed by atoms with E-state index >= 15 is 0 Å². The molecule has 30 heavy (non-hydrogen) atoms. The number of imidazole rings is 1. The molecule has 1 atom stereocenters. The van der Waals surface area contributed by atoms with Crippen LogP contribution < -0.4 is 5.73 Å². The molecule has 0 aliphatic carbocycles. The van der Waals surface area contributed by atoms with Crippen LogP contribution in [0.1, 0.15) is 11.3 Å². The van der Waals surface area contributed by atoms with E-state index in [1.165, 1.54) is 13.2 Å². The standard InChI is InChI=1S/C21H22FIN4O3/c1-12-3-4-27-17(10-14-11-26(5-6-30-14)21(28)29-2)20(25-18(27)7-12)19-15(22)8-13(24)9-16(19)23/h3-4,7-9,14H,5-6,10-11,24H2,1-2H3/t14-/m0/s1. The van der Waals surface area contributed by atoms with Crippen LogP contribution >= 0.6 is 22.6 Å². The average molecular weight is 524 g/mol. The number of anilines is 1. The van der Waals surface area contributed by atoms with E-state index in [-0.39, 0.29) is 12.2 Å². The zero-order chi connectivity index (χ0) is 21.4. The Morgan fingerprint density at radius 2 is 2.23 bits per heavy atom. The van der Waals surface area contributed by atoms with E-state index < -0.39 is 5.82 Å². The second-order valence-corrected chi connectivity index (χ2v) is 8.47. The molecule has 158 valence electrons. The highest BCUT2D eigenvalue weighted by molar-refractivity contribution is 14.1. The highest BCUT2D eigenvalue weighted by atomic mass is 127. The van der Waals surface area contributed by atoms with Crippen molar-refractivity contribution in [3.8, 4) is 11.3 Å². The molecule has 1 fully saturated rings. The highest BCUT2D eigenvalue weighted by Gasteiger charge is 2.28. The van der Waals surface area contributed by atoms with Gasteiger partial charge >= 0.3 is 6.09 Å². The van der Waals surface area contributed by atoms with Crippen molar-refractivity contribution in [1.29, 1.82) is 0 Å². The van der Waals surface area contributed by atoms with Crippen LogP contribution in [-0.4, -0.2) is 53.3 Å². The Morgan fingerprint density at radius 3 is 2.97 bits per heavy atom. The van der Waals surface area contributed by atoms with Crippen molar-refractivity contribution >= 4 is 40.0 Å². The van der Waals surface area contributed by atoms with Crippen molar-refractivity contribution < 1.29 is 18.7 Å². The molecule has 1 aromatic carbocycles. The SMILES string of the molecule is COC(=O)N1CCO[C@@H](Cc2c(-c3c(F)cc(N)cc3I)nc3cc(C)ccn23)C1. The lowest BCUT2D eigenvalue weighted by molar-refractivity contribution is -0.0241. The van der Waals surface area contributed by atoms with Gasteiger partial charge in [0, 0.05) is 28.4 Å². The number of benzene rings is 1. The molecule has 3 aromatic rings. The van der Waals surface area contributed by atoms with Gasteiger partial charge in [0.25, 0.3) is 0 Å². The Hall–Kier alpha value is -2.40. The molecule has 0 saturated carbocycles. The molecule has 1 saturated heterocycles. The molecular weight excluding hydrogens is 502 g/mol. The van der Waals surface area contributed by atoms with Gasteiger partial charge < -0.3 is 24.5 Å². The van der Waals surface area contributed by atoms with E-state index in [9.17, 15) is 9.18 Å². The number of hydrogen-bond acceptors (Lipinski definition) is 5. The first-order valence-electron chi connectivity index (χ1n) is 9.54. The quantitative estimate of drug-likeness (QED) is 0.418. The second kappa shape index (κ2) is 8.38. The van der Waals surface area contributed by atoms with Gasteiger partial charge in [-0.05, 0) is 59.3 Å². The first kappa shape index (κ1) is 20.9. The number of aromatic nitrogens is 2. The normalized spacial score (nSPS) is 16.8. The van der Waals surface area contributed by atoms with Crippen LogP contribution in [0.15, 0.2) is 30.5 Å². The summed E-state index contributed by atoms with van der Waals surface area (Å²) in [5, 5.41) is 0. The smallest absolute Gasteiger partial charge is 0.409 e. The summed E-state index contributed by atoms with van der Waals surface area (Å²) >= 11 is 2.08. The van der Waals surface area contributed by atoms with Crippen LogP contribution in [-0.2, 0) is 15.9 Å². The van der Waals surface area contributed by atoms with Gasteiger partial charge in [-0.25, -0.2) is 14.2 Å². The van der Waals surface area contributed by atoms with Crippen LogP contribution in [0.5, 0.6) is 0 Å². The van der Waals surface area contributed by atoms with Crippen molar-refractivity contribution in [1.82, 2.24) is 14.3 Å². The molecule has 1 aliphatic heterocycles. The lowest BCUT2D eigenvalue weighted by Crippen LogP contribution is -2.46. The summed E-state index contributed by atoms with van der Waals surface area (Å²) in [6, 6.07) is 6.98. The largest absolute Gasteiger partial charge is 0.453 e. The average Bonchev–Trinajstić information content (AvgIpc) is 3.03. The van der Waals surface area contributed by atoms with E-state index in [0.29, 0.717) is 46.6 Å². The predicted octanol–water partition coefficient (Wildman–Crippen LogP) is 3.65. The summed E-state index contributed by atoms with van der Waals surface area (Å²) in [6.45, 7) is 3.28. The van der Waals surface area contributed by atoms with Gasteiger partial charge in [0.1, 0.15) is 11.5 Å². The number of halogens is 2. The topological polar surface area (TPSA) is 82.1 Å². The van der Waals surface area contributed by atoms with Gasteiger partial charge in [0.15, 0.2) is 0 Å². The van der Waals surface area contributed by atoms with E-state index in [0.717, 1.165) is 16.9 Å².